The molecule has 6 heteroatoms. The lowest BCUT2D eigenvalue weighted by Crippen LogP contribution is -2.43. The summed E-state index contributed by atoms with van der Waals surface area (Å²) in [5.74, 6) is -0.854. The van der Waals surface area contributed by atoms with Crippen LogP contribution in [0.4, 0.5) is 0 Å². The number of carbonyl (C=O) groups is 2. The molecule has 0 atom stereocenters. The first-order chi connectivity index (χ1) is 14.0. The Morgan fingerprint density at radius 2 is 1.41 bits per heavy atom. The number of aliphatic hydroxyl groups is 1. The highest BCUT2D eigenvalue weighted by molar-refractivity contribution is 5.91. The number of para-hydroxylation sites is 1. The van der Waals surface area contributed by atoms with Crippen molar-refractivity contribution in [3.63, 3.8) is 0 Å². The van der Waals surface area contributed by atoms with Crippen molar-refractivity contribution in [2.75, 3.05) is 0 Å². The van der Waals surface area contributed by atoms with Crippen LogP contribution >= 0.6 is 0 Å². The largest absolute Gasteiger partial charge is 0.426 e. The highest BCUT2D eigenvalue weighted by Gasteiger charge is 2.39. The minimum Gasteiger partial charge on any atom is -0.426 e. The van der Waals surface area contributed by atoms with E-state index < -0.39 is 17.5 Å². The Bertz CT molecular complexity index is 978. The number of hydrogen-bond donors (Lipinski definition) is 2. The normalized spacial score (nSPS) is 11.2. The van der Waals surface area contributed by atoms with Gasteiger partial charge in [0.1, 0.15) is 5.75 Å². The lowest BCUT2D eigenvalue weighted by Gasteiger charge is -2.27. The molecule has 0 unspecified atom stereocenters. The summed E-state index contributed by atoms with van der Waals surface area (Å²) in [5, 5.41) is 15.3. The van der Waals surface area contributed by atoms with E-state index in [1.165, 1.54) is 13.1 Å². The molecular weight excluding hydrogens is 368 g/mol. The molecule has 29 heavy (non-hydrogen) atoms. The molecule has 3 rings (SSSR count). The van der Waals surface area contributed by atoms with Gasteiger partial charge in [-0.05, 0) is 23.3 Å². The summed E-state index contributed by atoms with van der Waals surface area (Å²) in [6.45, 7) is 1.30. The highest BCUT2D eigenvalue weighted by Crippen LogP contribution is 2.29. The van der Waals surface area contributed by atoms with Crippen LogP contribution in [0.25, 0.3) is 0 Å². The molecule has 0 spiro atoms. The van der Waals surface area contributed by atoms with Gasteiger partial charge >= 0.3 is 5.97 Å². The second-order valence-electron chi connectivity index (χ2n) is 6.27. The maximum absolute atomic E-state index is 13.0. The summed E-state index contributed by atoms with van der Waals surface area (Å²) >= 11 is 0. The number of benzene rings is 3. The number of amides is 1. The van der Waals surface area contributed by atoms with Gasteiger partial charge in [0.05, 0.1) is 6.21 Å². The second-order valence-corrected chi connectivity index (χ2v) is 6.27. The Kier molecular flexibility index (Phi) is 6.16. The fourth-order valence-corrected chi connectivity index (χ4v) is 2.86. The van der Waals surface area contributed by atoms with Crippen molar-refractivity contribution < 1.29 is 19.4 Å². The predicted molar refractivity (Wildman–Crippen MR) is 109 cm³/mol. The maximum Gasteiger partial charge on any atom is 0.308 e. The third-order valence-corrected chi connectivity index (χ3v) is 4.25. The number of hydrazone groups is 1. The molecular formula is C23H20N2O4. The summed E-state index contributed by atoms with van der Waals surface area (Å²) in [5.41, 5.74) is 1.81. The summed E-state index contributed by atoms with van der Waals surface area (Å²) in [6.07, 6.45) is 1.35. The van der Waals surface area contributed by atoms with Crippen LogP contribution in [0.2, 0.25) is 0 Å². The van der Waals surface area contributed by atoms with Crippen LogP contribution in [0, 0.1) is 0 Å². The van der Waals surface area contributed by atoms with E-state index in [1.807, 2.05) is 0 Å². The Morgan fingerprint density at radius 1 is 0.897 bits per heavy atom. The fourth-order valence-electron chi connectivity index (χ4n) is 2.86. The van der Waals surface area contributed by atoms with Crippen molar-refractivity contribution in [1.29, 1.82) is 0 Å². The summed E-state index contributed by atoms with van der Waals surface area (Å²) in [7, 11) is 0. The highest BCUT2D eigenvalue weighted by atomic mass is 16.5. The van der Waals surface area contributed by atoms with Crippen LogP contribution in [-0.4, -0.2) is 23.2 Å². The first kappa shape index (κ1) is 20.0. The summed E-state index contributed by atoms with van der Waals surface area (Å²) < 4.78 is 5.12. The molecule has 0 radical (unpaired) electrons. The molecule has 0 bridgehead atoms. The SMILES string of the molecule is CC(=O)Oc1ccccc1/C=N\NC(=O)C(O)(c1ccccc1)c1ccccc1. The molecule has 1 amide bonds. The van der Waals surface area contributed by atoms with Crippen LogP contribution in [-0.2, 0) is 15.2 Å². The van der Waals surface area contributed by atoms with Crippen LogP contribution in [0.1, 0.15) is 23.6 Å². The minimum absolute atomic E-state index is 0.319. The van der Waals surface area contributed by atoms with Crippen molar-refractivity contribution >= 4 is 18.1 Å². The van der Waals surface area contributed by atoms with Crippen LogP contribution in [0.15, 0.2) is 90.0 Å². The van der Waals surface area contributed by atoms with Crippen LogP contribution < -0.4 is 10.2 Å². The van der Waals surface area contributed by atoms with Gasteiger partial charge in [-0.15, -0.1) is 0 Å². The van der Waals surface area contributed by atoms with E-state index in [2.05, 4.69) is 10.5 Å². The van der Waals surface area contributed by atoms with E-state index in [1.54, 1.807) is 84.9 Å². The number of hydrogen-bond acceptors (Lipinski definition) is 5. The van der Waals surface area contributed by atoms with Gasteiger partial charge in [0.2, 0.25) is 0 Å². The van der Waals surface area contributed by atoms with Gasteiger partial charge in [0.25, 0.3) is 5.91 Å². The van der Waals surface area contributed by atoms with Crippen molar-refractivity contribution in [3.8, 4) is 5.75 Å². The Balaban J connectivity index is 1.87. The zero-order valence-electron chi connectivity index (χ0n) is 15.8. The lowest BCUT2D eigenvalue weighted by molar-refractivity contribution is -0.136. The number of nitrogens with one attached hydrogen (secondary N) is 1. The summed E-state index contributed by atoms with van der Waals surface area (Å²) in [4.78, 5) is 24.2. The van der Waals surface area contributed by atoms with Gasteiger partial charge in [0.15, 0.2) is 5.60 Å². The van der Waals surface area contributed by atoms with Gasteiger partial charge in [0, 0.05) is 12.5 Å². The Hall–Kier alpha value is -3.77. The van der Waals surface area contributed by atoms with E-state index in [-0.39, 0.29) is 0 Å². The first-order valence-corrected chi connectivity index (χ1v) is 8.96. The average Bonchev–Trinajstić information content (AvgIpc) is 2.75. The number of ether oxygens (including phenoxy) is 1. The van der Waals surface area contributed by atoms with E-state index in [0.29, 0.717) is 22.4 Å². The zero-order chi connectivity index (χ0) is 20.7. The topological polar surface area (TPSA) is 88.0 Å². The standard InChI is InChI=1S/C23H20N2O4/c1-17(26)29-21-15-9-8-10-18(21)16-24-25-22(27)23(28,19-11-4-2-5-12-19)20-13-6-3-7-14-20/h2-16,28H,1H3,(H,25,27)/b24-16-. The third kappa shape index (κ3) is 4.56. The predicted octanol–water partition coefficient (Wildman–Crippen LogP) is 3.00. The molecule has 0 aliphatic heterocycles. The smallest absolute Gasteiger partial charge is 0.308 e. The Morgan fingerprint density at radius 3 is 1.97 bits per heavy atom. The Labute approximate surface area is 168 Å². The number of nitrogens with zero attached hydrogens (tertiary/aromatic N) is 1. The monoisotopic (exact) mass is 388 g/mol. The molecule has 0 saturated heterocycles. The molecule has 0 aliphatic carbocycles. The maximum atomic E-state index is 13.0. The molecule has 3 aromatic carbocycles. The lowest BCUT2D eigenvalue weighted by atomic mass is 9.85. The molecule has 0 aromatic heterocycles. The van der Waals surface area contributed by atoms with Gasteiger partial charge in [-0.2, -0.15) is 5.10 Å². The van der Waals surface area contributed by atoms with Gasteiger partial charge in [-0.1, -0.05) is 72.8 Å². The van der Waals surface area contributed by atoms with Crippen LogP contribution in [0.3, 0.4) is 0 Å². The molecule has 6 nitrogen and oxygen atoms in total. The quantitative estimate of drug-likeness (QED) is 0.294. The van der Waals surface area contributed by atoms with Crippen molar-refractivity contribution in [2.24, 2.45) is 5.10 Å². The van der Waals surface area contributed by atoms with E-state index in [4.69, 9.17) is 4.74 Å². The molecule has 2 N–H and O–H groups in total. The number of rotatable bonds is 6. The van der Waals surface area contributed by atoms with Crippen molar-refractivity contribution in [3.05, 3.63) is 102 Å². The second kappa shape index (κ2) is 8.95. The van der Waals surface area contributed by atoms with E-state index >= 15 is 0 Å². The van der Waals surface area contributed by atoms with Crippen LogP contribution in [0.5, 0.6) is 5.75 Å². The van der Waals surface area contributed by atoms with Gasteiger partial charge in [-0.3, -0.25) is 9.59 Å². The average molecular weight is 388 g/mol. The molecule has 0 saturated carbocycles. The van der Waals surface area contributed by atoms with Crippen molar-refractivity contribution in [1.82, 2.24) is 5.43 Å². The molecule has 0 aliphatic rings. The van der Waals surface area contributed by atoms with E-state index in [9.17, 15) is 14.7 Å². The molecule has 3 aromatic rings. The number of carbonyl (C=O) groups excluding carboxylic acids is 2. The molecule has 0 heterocycles. The van der Waals surface area contributed by atoms with Gasteiger partial charge < -0.3 is 9.84 Å². The molecule has 0 fully saturated rings. The van der Waals surface area contributed by atoms with Gasteiger partial charge in [-0.25, -0.2) is 5.43 Å². The fraction of sp³-hybridized carbons (Fsp3) is 0.0870. The first-order valence-electron chi connectivity index (χ1n) is 8.96. The zero-order valence-corrected chi connectivity index (χ0v) is 15.8. The third-order valence-electron chi connectivity index (χ3n) is 4.25. The van der Waals surface area contributed by atoms with E-state index in [0.717, 1.165) is 0 Å². The summed E-state index contributed by atoms with van der Waals surface area (Å²) in [6, 6.07) is 24.1. The number of esters is 1. The minimum atomic E-state index is -1.92. The van der Waals surface area contributed by atoms with Crippen molar-refractivity contribution in [2.45, 2.75) is 12.5 Å². The molecule has 146 valence electrons.